The maximum Gasteiger partial charge on any atom is 0.199 e. The van der Waals surface area contributed by atoms with E-state index in [4.69, 9.17) is 0 Å². The minimum absolute atomic E-state index is 0.362. The third-order valence-electron chi connectivity index (χ3n) is 1.69. The van der Waals surface area contributed by atoms with Crippen LogP contribution in [0.3, 0.4) is 0 Å². The van der Waals surface area contributed by atoms with Gasteiger partial charge in [-0.15, -0.1) is 0 Å². The Kier molecular flexibility index (Phi) is 2.40. The molecule has 0 atom stereocenters. The van der Waals surface area contributed by atoms with Gasteiger partial charge >= 0.3 is 0 Å². The lowest BCUT2D eigenvalue weighted by Gasteiger charge is -1.99. The average molecular weight is 200 g/mol. The Morgan fingerprint density at radius 3 is 2.27 bits per heavy atom. The predicted molar refractivity (Wildman–Crippen MR) is 58.2 cm³/mol. The van der Waals surface area contributed by atoms with Crippen LogP contribution in [0, 0.1) is 0 Å². The van der Waals surface area contributed by atoms with Crippen molar-refractivity contribution in [1.82, 2.24) is 19.9 Å². The van der Waals surface area contributed by atoms with Gasteiger partial charge in [-0.2, -0.15) is 0 Å². The molecule has 2 aromatic heterocycles. The fourth-order valence-corrected chi connectivity index (χ4v) is 1.10. The van der Waals surface area contributed by atoms with Gasteiger partial charge in [-0.3, -0.25) is 0 Å². The van der Waals surface area contributed by atoms with E-state index in [1.165, 1.54) is 0 Å². The summed E-state index contributed by atoms with van der Waals surface area (Å²) in [6, 6.07) is 0. The molecule has 0 bridgehead atoms. The lowest BCUT2D eigenvalue weighted by atomic mass is 10.5. The summed E-state index contributed by atoms with van der Waals surface area (Å²) in [6.45, 7) is 5.19. The summed E-state index contributed by atoms with van der Waals surface area (Å²) in [5.41, 5.74) is 0.889. The molecule has 0 aliphatic heterocycles. The third kappa shape index (κ3) is 1.69. The molecule has 0 unspecified atom stereocenters. The van der Waals surface area contributed by atoms with Crippen LogP contribution >= 0.6 is 0 Å². The molecule has 15 heavy (non-hydrogen) atoms. The summed E-state index contributed by atoms with van der Waals surface area (Å²) in [4.78, 5) is 24.1. The zero-order chi connectivity index (χ0) is 10.7. The van der Waals surface area contributed by atoms with E-state index < -0.39 is 0 Å². The van der Waals surface area contributed by atoms with Crippen molar-refractivity contribution in [1.29, 1.82) is 0 Å². The molecule has 2 rings (SSSR count). The second-order valence-corrected chi connectivity index (χ2v) is 2.62. The summed E-state index contributed by atoms with van der Waals surface area (Å²) in [5, 5.41) is 0. The van der Waals surface area contributed by atoms with Crippen LogP contribution in [0.15, 0.2) is 22.4 Å². The lowest BCUT2D eigenvalue weighted by Crippen LogP contribution is -1.90. The number of aliphatic imine (C=N–C) groups is 2. The minimum Gasteiger partial charge on any atom is -0.242 e. The predicted octanol–water partition coefficient (Wildman–Crippen LogP) is 1.47. The zero-order valence-corrected chi connectivity index (χ0v) is 8.12. The molecule has 2 heterocycles. The van der Waals surface area contributed by atoms with Gasteiger partial charge in [-0.25, -0.2) is 29.9 Å². The molecule has 6 heteroatoms. The van der Waals surface area contributed by atoms with Crippen molar-refractivity contribution in [3.05, 3.63) is 12.4 Å². The van der Waals surface area contributed by atoms with Crippen LogP contribution in [-0.4, -0.2) is 32.9 Å². The molecule has 0 spiro atoms. The molecule has 0 amide bonds. The van der Waals surface area contributed by atoms with Crippen LogP contribution in [-0.2, 0) is 0 Å². The van der Waals surface area contributed by atoms with Gasteiger partial charge in [0.1, 0.15) is 0 Å². The van der Waals surface area contributed by atoms with Gasteiger partial charge < -0.3 is 0 Å². The maximum absolute atomic E-state index is 4.17. The van der Waals surface area contributed by atoms with Crippen molar-refractivity contribution in [2.45, 2.75) is 6.92 Å². The first-order chi connectivity index (χ1) is 7.35. The van der Waals surface area contributed by atoms with Crippen LogP contribution in [0.1, 0.15) is 6.92 Å². The van der Waals surface area contributed by atoms with Gasteiger partial charge in [0.05, 0.1) is 0 Å². The van der Waals surface area contributed by atoms with Gasteiger partial charge in [0, 0.05) is 18.6 Å². The van der Waals surface area contributed by atoms with Crippen molar-refractivity contribution < 1.29 is 0 Å². The van der Waals surface area contributed by atoms with E-state index in [1.54, 1.807) is 25.5 Å². The number of hydrogen-bond donors (Lipinski definition) is 0. The first kappa shape index (κ1) is 9.32. The zero-order valence-electron chi connectivity index (χ0n) is 8.12. The molecule has 0 N–H and O–H groups in total. The molecule has 0 saturated carbocycles. The van der Waals surface area contributed by atoms with E-state index in [-0.39, 0.29) is 0 Å². The summed E-state index contributed by atoms with van der Waals surface area (Å²) < 4.78 is 0. The quantitative estimate of drug-likeness (QED) is 0.688. The van der Waals surface area contributed by atoms with Crippen LogP contribution in [0.5, 0.6) is 0 Å². The van der Waals surface area contributed by atoms with Crippen molar-refractivity contribution in [3.63, 3.8) is 0 Å². The van der Waals surface area contributed by atoms with Crippen LogP contribution in [0.25, 0.3) is 11.3 Å². The number of fused-ring (bicyclic) bond motifs is 1. The Morgan fingerprint density at radius 1 is 1.13 bits per heavy atom. The summed E-state index contributed by atoms with van der Waals surface area (Å²) in [6.07, 6.45) is 4.71. The minimum atomic E-state index is 0.362. The molecular formula is C9H8N6. The van der Waals surface area contributed by atoms with Crippen molar-refractivity contribution >= 4 is 35.9 Å². The molecule has 0 saturated heterocycles. The molecule has 0 aliphatic rings. The molecule has 0 fully saturated rings. The van der Waals surface area contributed by atoms with E-state index in [2.05, 4.69) is 36.6 Å². The first-order valence-electron chi connectivity index (χ1n) is 4.29. The topological polar surface area (TPSA) is 76.3 Å². The second-order valence-electron chi connectivity index (χ2n) is 2.62. The first-order valence-corrected chi connectivity index (χ1v) is 4.29. The molecule has 0 aliphatic carbocycles. The van der Waals surface area contributed by atoms with Crippen molar-refractivity contribution in [2.75, 3.05) is 0 Å². The molecule has 2 aromatic rings. The highest BCUT2D eigenvalue weighted by molar-refractivity contribution is 5.74. The van der Waals surface area contributed by atoms with Crippen LogP contribution < -0.4 is 0 Å². The normalized spacial score (nSPS) is 11.0. The summed E-state index contributed by atoms with van der Waals surface area (Å²) in [5.74, 6) is 0.765. The second kappa shape index (κ2) is 3.87. The van der Waals surface area contributed by atoms with Gasteiger partial charge in [0.25, 0.3) is 0 Å². The van der Waals surface area contributed by atoms with Gasteiger partial charge in [0.2, 0.25) is 0 Å². The highest BCUT2D eigenvalue weighted by Gasteiger charge is 2.06. The van der Waals surface area contributed by atoms with Crippen LogP contribution in [0.2, 0.25) is 0 Å². The average Bonchev–Trinajstić information content (AvgIpc) is 2.28. The van der Waals surface area contributed by atoms with Gasteiger partial charge in [-0.1, -0.05) is 0 Å². The SMILES string of the molecule is C=Nc1nc2nccnc2nc1N=CC. The smallest absolute Gasteiger partial charge is 0.199 e. The lowest BCUT2D eigenvalue weighted by molar-refractivity contribution is 1.14. The number of nitrogens with zero attached hydrogens (tertiary/aromatic N) is 6. The Hall–Kier alpha value is -2.24. The van der Waals surface area contributed by atoms with E-state index >= 15 is 0 Å². The Labute approximate surface area is 85.9 Å². The highest BCUT2D eigenvalue weighted by atomic mass is 15.1. The van der Waals surface area contributed by atoms with Crippen molar-refractivity contribution in [3.8, 4) is 0 Å². The van der Waals surface area contributed by atoms with E-state index in [0.29, 0.717) is 22.9 Å². The van der Waals surface area contributed by atoms with Crippen molar-refractivity contribution in [2.24, 2.45) is 9.98 Å². The molecule has 0 radical (unpaired) electrons. The number of aromatic nitrogens is 4. The molecule has 74 valence electrons. The standard InChI is InChI=1S/C9H8N6/c1-3-11-7-6(10-2)14-8-9(15-7)13-5-4-12-8/h3-5H,2H2,1H3. The summed E-state index contributed by atoms with van der Waals surface area (Å²) >= 11 is 0. The van der Waals surface area contributed by atoms with Gasteiger partial charge in [-0.05, 0) is 13.6 Å². The Bertz CT molecular complexity index is 533. The Morgan fingerprint density at radius 2 is 1.73 bits per heavy atom. The monoisotopic (exact) mass is 200 g/mol. The van der Waals surface area contributed by atoms with Crippen LogP contribution in [0.4, 0.5) is 11.6 Å². The van der Waals surface area contributed by atoms with Gasteiger partial charge in [0.15, 0.2) is 22.9 Å². The maximum atomic E-state index is 4.17. The summed E-state index contributed by atoms with van der Waals surface area (Å²) in [7, 11) is 0. The largest absolute Gasteiger partial charge is 0.242 e. The molecule has 6 nitrogen and oxygen atoms in total. The Balaban J connectivity index is 2.74. The molecule has 0 aromatic carbocycles. The fraction of sp³-hybridized carbons (Fsp3) is 0.111. The van der Waals surface area contributed by atoms with E-state index in [0.717, 1.165) is 0 Å². The van der Waals surface area contributed by atoms with E-state index in [1.807, 2.05) is 0 Å². The van der Waals surface area contributed by atoms with E-state index in [9.17, 15) is 0 Å². The molecular weight excluding hydrogens is 192 g/mol. The number of hydrogen-bond acceptors (Lipinski definition) is 6. The fourth-order valence-electron chi connectivity index (χ4n) is 1.10. The third-order valence-corrected chi connectivity index (χ3v) is 1.69. The highest BCUT2D eigenvalue weighted by Crippen LogP contribution is 2.23. The number of rotatable bonds is 2.